The first kappa shape index (κ1) is 16.7. The van der Waals surface area contributed by atoms with Crippen molar-refractivity contribution in [3.63, 3.8) is 0 Å². The third-order valence-electron chi connectivity index (χ3n) is 3.60. The number of rotatable bonds is 2. The van der Waals surface area contributed by atoms with E-state index in [4.69, 9.17) is 0 Å². The molecular formula is C15H14F3N3O2S. The molecule has 3 rings (SSSR count). The van der Waals surface area contributed by atoms with Crippen molar-refractivity contribution >= 4 is 23.5 Å². The Bertz CT molecular complexity index is 789. The monoisotopic (exact) mass is 357 g/mol. The smallest absolute Gasteiger partial charge is 0.405 e. The number of anilines is 1. The van der Waals surface area contributed by atoms with Gasteiger partial charge in [-0.25, -0.2) is 0 Å². The Kier molecular flexibility index (Phi) is 4.20. The van der Waals surface area contributed by atoms with E-state index in [1.807, 2.05) is 0 Å². The molecule has 2 heterocycles. The summed E-state index contributed by atoms with van der Waals surface area (Å²) in [7, 11) is 1.68. The normalized spacial score (nSPS) is 17.9. The van der Waals surface area contributed by atoms with E-state index >= 15 is 0 Å². The minimum Gasteiger partial charge on any atom is -0.405 e. The van der Waals surface area contributed by atoms with Crippen LogP contribution in [0.5, 0.6) is 5.75 Å². The highest BCUT2D eigenvalue weighted by molar-refractivity contribution is 8.00. The molecule has 1 amide bonds. The van der Waals surface area contributed by atoms with E-state index < -0.39 is 11.6 Å². The van der Waals surface area contributed by atoms with Crippen LogP contribution in [0.3, 0.4) is 0 Å². The first-order chi connectivity index (χ1) is 11.3. The highest BCUT2D eigenvalue weighted by atomic mass is 32.2. The minimum absolute atomic E-state index is 0.124. The number of amides is 1. The predicted molar refractivity (Wildman–Crippen MR) is 84.0 cm³/mol. The van der Waals surface area contributed by atoms with Gasteiger partial charge in [0.2, 0.25) is 5.91 Å². The van der Waals surface area contributed by atoms with Gasteiger partial charge in [-0.05, 0) is 13.0 Å². The molecule has 0 spiro atoms. The van der Waals surface area contributed by atoms with Crippen molar-refractivity contribution in [1.82, 2.24) is 9.78 Å². The molecule has 9 heteroatoms. The van der Waals surface area contributed by atoms with Crippen molar-refractivity contribution < 1.29 is 22.7 Å². The van der Waals surface area contributed by atoms with Crippen LogP contribution in [0.15, 0.2) is 24.3 Å². The molecule has 0 bridgehead atoms. The Labute approximate surface area is 140 Å². The van der Waals surface area contributed by atoms with Crippen LogP contribution in [0, 0.1) is 6.92 Å². The number of carbonyl (C=O) groups excluding carboxylic acids is 1. The molecular weight excluding hydrogens is 343 g/mol. The molecule has 24 heavy (non-hydrogen) atoms. The number of nitrogens with zero attached hydrogens (tertiary/aromatic N) is 2. The number of hydrogen-bond donors (Lipinski definition) is 1. The Morgan fingerprint density at radius 2 is 2.08 bits per heavy atom. The van der Waals surface area contributed by atoms with Gasteiger partial charge in [-0.15, -0.1) is 24.9 Å². The number of halogens is 3. The summed E-state index contributed by atoms with van der Waals surface area (Å²) in [5.41, 5.74) is 1.69. The maximum atomic E-state index is 12.7. The molecule has 1 aliphatic rings. The highest BCUT2D eigenvalue weighted by Gasteiger charge is 2.35. The zero-order chi connectivity index (χ0) is 17.5. The van der Waals surface area contributed by atoms with Gasteiger partial charge in [-0.3, -0.25) is 9.48 Å². The second-order valence-corrected chi connectivity index (χ2v) is 6.39. The summed E-state index contributed by atoms with van der Waals surface area (Å²) < 4.78 is 43.8. The van der Waals surface area contributed by atoms with E-state index in [1.54, 1.807) is 26.1 Å². The molecule has 1 aromatic heterocycles. The fourth-order valence-corrected chi connectivity index (χ4v) is 3.92. The standard InChI is InChI=1S/C15H14F3N3O2S/c1-8-12-13(24-7-11(22)19-14(12)21(2)20-8)9-5-3-4-6-10(9)23-15(16,17)18/h3-6,13H,7H2,1-2H3,(H,19,22)/t13-/m0/s1. The van der Waals surface area contributed by atoms with Gasteiger partial charge in [0.1, 0.15) is 11.6 Å². The van der Waals surface area contributed by atoms with Crippen LogP contribution < -0.4 is 10.1 Å². The van der Waals surface area contributed by atoms with Crippen molar-refractivity contribution in [3.8, 4) is 5.75 Å². The number of thioether (sulfide) groups is 1. The SMILES string of the molecule is Cc1nn(C)c2c1[C@H](c1ccccc1OC(F)(F)F)SCC(=O)N2. The van der Waals surface area contributed by atoms with Gasteiger partial charge >= 0.3 is 6.36 Å². The molecule has 1 aliphatic heterocycles. The van der Waals surface area contributed by atoms with Crippen LogP contribution in [-0.2, 0) is 11.8 Å². The van der Waals surface area contributed by atoms with Crippen LogP contribution in [0.4, 0.5) is 19.0 Å². The molecule has 2 aromatic rings. The number of hydrogen-bond acceptors (Lipinski definition) is 4. The second kappa shape index (κ2) is 6.04. The molecule has 1 atom stereocenters. The fraction of sp³-hybridized carbons (Fsp3) is 0.333. The van der Waals surface area contributed by atoms with Crippen LogP contribution in [0.2, 0.25) is 0 Å². The van der Waals surface area contributed by atoms with Crippen molar-refractivity contribution in [2.45, 2.75) is 18.5 Å². The molecule has 0 fully saturated rings. The highest BCUT2D eigenvalue weighted by Crippen LogP contribution is 2.46. The van der Waals surface area contributed by atoms with Gasteiger partial charge < -0.3 is 10.1 Å². The zero-order valence-electron chi connectivity index (χ0n) is 12.8. The average molecular weight is 357 g/mol. The number of ether oxygens (including phenoxy) is 1. The van der Waals surface area contributed by atoms with Crippen molar-refractivity contribution in [3.05, 3.63) is 41.1 Å². The summed E-state index contributed by atoms with van der Waals surface area (Å²) in [6, 6.07) is 5.97. The Balaban J connectivity index is 2.12. The van der Waals surface area contributed by atoms with Crippen molar-refractivity contribution in [2.75, 3.05) is 11.1 Å². The summed E-state index contributed by atoms with van der Waals surface area (Å²) in [6.45, 7) is 1.76. The molecule has 0 aliphatic carbocycles. The number of fused-ring (bicyclic) bond motifs is 1. The Morgan fingerprint density at radius 1 is 1.38 bits per heavy atom. The summed E-state index contributed by atoms with van der Waals surface area (Å²) in [5.74, 6) is 0.125. The number of nitrogens with one attached hydrogen (secondary N) is 1. The van der Waals surface area contributed by atoms with Crippen molar-refractivity contribution in [2.24, 2.45) is 7.05 Å². The van der Waals surface area contributed by atoms with E-state index in [0.717, 1.165) is 0 Å². The first-order valence-corrected chi connectivity index (χ1v) is 8.11. The Morgan fingerprint density at radius 3 is 2.79 bits per heavy atom. The van der Waals surface area contributed by atoms with Crippen molar-refractivity contribution in [1.29, 1.82) is 0 Å². The van der Waals surface area contributed by atoms with Gasteiger partial charge in [0.15, 0.2) is 0 Å². The summed E-state index contributed by atoms with van der Waals surface area (Å²) in [4.78, 5) is 11.9. The third-order valence-corrected chi connectivity index (χ3v) is 4.85. The van der Waals surface area contributed by atoms with Crippen LogP contribution in [0.1, 0.15) is 22.1 Å². The van der Waals surface area contributed by atoms with Gasteiger partial charge in [0.25, 0.3) is 0 Å². The molecule has 0 saturated heterocycles. The van der Waals surface area contributed by atoms with Gasteiger partial charge in [0.05, 0.1) is 16.7 Å². The number of alkyl halides is 3. The van der Waals surface area contributed by atoms with Gasteiger partial charge in [-0.1, -0.05) is 18.2 Å². The quantitative estimate of drug-likeness (QED) is 0.895. The van der Waals surface area contributed by atoms with Crippen LogP contribution in [-0.4, -0.2) is 27.8 Å². The van der Waals surface area contributed by atoms with Gasteiger partial charge in [0, 0.05) is 18.2 Å². The lowest BCUT2D eigenvalue weighted by Gasteiger charge is -2.19. The first-order valence-electron chi connectivity index (χ1n) is 7.06. The molecule has 128 valence electrons. The minimum atomic E-state index is -4.79. The second-order valence-electron chi connectivity index (χ2n) is 5.30. The third kappa shape index (κ3) is 3.21. The number of aromatic nitrogens is 2. The Hall–Kier alpha value is -2.16. The lowest BCUT2D eigenvalue weighted by molar-refractivity contribution is -0.274. The van der Waals surface area contributed by atoms with Crippen LogP contribution >= 0.6 is 11.8 Å². The number of carbonyl (C=O) groups is 1. The molecule has 0 radical (unpaired) electrons. The van der Waals surface area contributed by atoms with E-state index in [0.29, 0.717) is 22.6 Å². The van der Waals surface area contributed by atoms with E-state index in [-0.39, 0.29) is 17.4 Å². The lowest BCUT2D eigenvalue weighted by atomic mass is 10.0. The number of benzene rings is 1. The van der Waals surface area contributed by atoms with E-state index in [1.165, 1.54) is 28.6 Å². The summed E-state index contributed by atoms with van der Waals surface area (Å²) in [5, 5.41) is 6.54. The number of para-hydroxylation sites is 1. The summed E-state index contributed by atoms with van der Waals surface area (Å²) in [6.07, 6.45) is -4.79. The van der Waals surface area contributed by atoms with E-state index in [9.17, 15) is 18.0 Å². The number of aryl methyl sites for hydroxylation is 2. The maximum Gasteiger partial charge on any atom is 0.573 e. The predicted octanol–water partition coefficient (Wildman–Crippen LogP) is 3.40. The van der Waals surface area contributed by atoms with E-state index in [2.05, 4.69) is 15.2 Å². The summed E-state index contributed by atoms with van der Waals surface area (Å²) >= 11 is 1.24. The molecule has 1 N–H and O–H groups in total. The molecule has 0 saturated carbocycles. The van der Waals surface area contributed by atoms with Crippen LogP contribution in [0.25, 0.3) is 0 Å². The molecule has 1 aromatic carbocycles. The topological polar surface area (TPSA) is 56.2 Å². The maximum absolute atomic E-state index is 12.7. The lowest BCUT2D eigenvalue weighted by Crippen LogP contribution is -2.18. The fourth-order valence-electron chi connectivity index (χ4n) is 2.71. The zero-order valence-corrected chi connectivity index (χ0v) is 13.7. The van der Waals surface area contributed by atoms with Gasteiger partial charge in [-0.2, -0.15) is 5.10 Å². The largest absolute Gasteiger partial charge is 0.573 e. The average Bonchev–Trinajstić information content (AvgIpc) is 2.66. The molecule has 5 nitrogen and oxygen atoms in total. The molecule has 0 unspecified atom stereocenters.